The van der Waals surface area contributed by atoms with Gasteiger partial charge in [0.2, 0.25) is 0 Å². The number of hydrogen-bond donors (Lipinski definition) is 0. The summed E-state index contributed by atoms with van der Waals surface area (Å²) >= 11 is 1.09. The average molecular weight is 479 g/mol. The molecule has 0 radical (unpaired) electrons. The lowest BCUT2D eigenvalue weighted by atomic mass is 9.96. The Morgan fingerprint density at radius 3 is 2.26 bits per heavy atom. The highest BCUT2D eigenvalue weighted by atomic mass is 32.1. The van der Waals surface area contributed by atoms with Crippen LogP contribution in [0.2, 0.25) is 0 Å². The van der Waals surface area contributed by atoms with Crippen LogP contribution in [0.3, 0.4) is 0 Å². The normalized spacial score (nSPS) is 13.7. The number of carbonyl (C=O) groups is 3. The number of benzene rings is 2. The van der Waals surface area contributed by atoms with Crippen LogP contribution < -0.4 is 4.90 Å². The summed E-state index contributed by atoms with van der Waals surface area (Å²) in [5.41, 5.74) is 1.61. The summed E-state index contributed by atoms with van der Waals surface area (Å²) < 4.78 is 10.6. The monoisotopic (exact) mass is 478 g/mol. The summed E-state index contributed by atoms with van der Waals surface area (Å²) in [7, 11) is 0. The molecule has 0 atom stereocenters. The largest absolute Gasteiger partial charge is 0.462 e. The zero-order valence-electron chi connectivity index (χ0n) is 19.2. The molecule has 3 aromatic rings. The van der Waals surface area contributed by atoms with Crippen molar-refractivity contribution in [1.29, 1.82) is 0 Å². The minimum Gasteiger partial charge on any atom is -0.462 e. The van der Waals surface area contributed by atoms with Crippen LogP contribution in [0.5, 0.6) is 0 Å². The lowest BCUT2D eigenvalue weighted by molar-refractivity contribution is -0.150. The summed E-state index contributed by atoms with van der Waals surface area (Å²) in [6.07, 6.45) is 1.40. The summed E-state index contributed by atoms with van der Waals surface area (Å²) in [5.74, 6) is -1.28. The first-order valence-electron chi connectivity index (χ1n) is 11.2. The van der Waals surface area contributed by atoms with Gasteiger partial charge in [-0.1, -0.05) is 72.0 Å². The van der Waals surface area contributed by atoms with Crippen molar-refractivity contribution in [2.75, 3.05) is 18.1 Å². The molecule has 1 aliphatic carbocycles. The number of esters is 2. The van der Waals surface area contributed by atoms with E-state index in [1.54, 1.807) is 13.8 Å². The Labute approximate surface area is 202 Å². The Bertz CT molecular complexity index is 1170. The van der Waals surface area contributed by atoms with Crippen molar-refractivity contribution >= 4 is 34.3 Å². The third-order valence-electron chi connectivity index (χ3n) is 5.76. The number of aryl methyl sites for hydroxylation is 1. The van der Waals surface area contributed by atoms with Crippen LogP contribution in [0.4, 0.5) is 5.13 Å². The quantitative estimate of drug-likeness (QED) is 0.423. The molecule has 1 fully saturated rings. The maximum Gasteiger partial charge on any atom is 0.350 e. The number of aromatic nitrogens is 1. The summed E-state index contributed by atoms with van der Waals surface area (Å²) in [6.45, 7) is 3.51. The van der Waals surface area contributed by atoms with Crippen LogP contribution in [0.25, 0.3) is 0 Å². The molecule has 2 aromatic carbocycles. The highest BCUT2D eigenvalue weighted by Gasteiger charge is 2.52. The van der Waals surface area contributed by atoms with Crippen LogP contribution in [-0.4, -0.2) is 36.0 Å². The minimum atomic E-state index is -0.666. The van der Waals surface area contributed by atoms with E-state index in [1.807, 2.05) is 60.7 Å². The van der Waals surface area contributed by atoms with Crippen LogP contribution in [0.15, 0.2) is 60.7 Å². The van der Waals surface area contributed by atoms with Crippen molar-refractivity contribution in [2.24, 2.45) is 0 Å². The van der Waals surface area contributed by atoms with E-state index in [0.717, 1.165) is 22.5 Å². The van der Waals surface area contributed by atoms with E-state index in [9.17, 15) is 14.4 Å². The molecule has 176 valence electrons. The van der Waals surface area contributed by atoms with Crippen LogP contribution in [0, 0.1) is 6.92 Å². The Morgan fingerprint density at radius 2 is 1.65 bits per heavy atom. The maximum atomic E-state index is 13.3. The van der Waals surface area contributed by atoms with Gasteiger partial charge in [-0.05, 0) is 37.8 Å². The van der Waals surface area contributed by atoms with Gasteiger partial charge in [-0.2, -0.15) is 0 Å². The predicted molar refractivity (Wildman–Crippen MR) is 129 cm³/mol. The molecular formula is C26H26N2O5S. The molecule has 0 N–H and O–H groups in total. The molecule has 0 aliphatic heterocycles. The zero-order chi connectivity index (χ0) is 24.1. The second kappa shape index (κ2) is 10.2. The molecule has 1 heterocycles. The van der Waals surface area contributed by atoms with E-state index in [1.165, 1.54) is 4.90 Å². The fourth-order valence-corrected chi connectivity index (χ4v) is 4.73. The molecule has 34 heavy (non-hydrogen) atoms. The van der Waals surface area contributed by atoms with E-state index < -0.39 is 29.9 Å². The van der Waals surface area contributed by atoms with Gasteiger partial charge in [0.15, 0.2) is 11.7 Å². The van der Waals surface area contributed by atoms with Gasteiger partial charge < -0.3 is 9.47 Å². The average Bonchev–Trinajstić information content (AvgIpc) is 3.58. The number of anilines is 1. The first-order valence-corrected chi connectivity index (χ1v) is 12.0. The molecule has 1 amide bonds. The van der Waals surface area contributed by atoms with Crippen molar-refractivity contribution in [3.05, 3.63) is 82.4 Å². The van der Waals surface area contributed by atoms with Gasteiger partial charge in [0.05, 0.1) is 24.3 Å². The Hall–Kier alpha value is -3.52. The van der Waals surface area contributed by atoms with Gasteiger partial charge in [-0.3, -0.25) is 14.5 Å². The van der Waals surface area contributed by atoms with Crippen molar-refractivity contribution in [1.82, 2.24) is 4.98 Å². The van der Waals surface area contributed by atoms with E-state index in [0.29, 0.717) is 28.5 Å². The summed E-state index contributed by atoms with van der Waals surface area (Å²) in [6, 6.07) is 18.9. The molecule has 0 bridgehead atoms. The molecule has 4 rings (SSSR count). The molecule has 7 nitrogen and oxygen atoms in total. The van der Waals surface area contributed by atoms with Gasteiger partial charge in [0.25, 0.3) is 5.91 Å². The number of carbonyl (C=O) groups excluding carboxylic acids is 3. The molecular weight excluding hydrogens is 452 g/mol. The van der Waals surface area contributed by atoms with E-state index in [2.05, 4.69) is 4.98 Å². The SMILES string of the molecule is CCOC(=O)c1sc(N(Cc2ccccc2)C(=O)COC(=O)C2(c3ccccc3)CC2)nc1C. The highest BCUT2D eigenvalue weighted by molar-refractivity contribution is 7.17. The fraction of sp³-hybridized carbons (Fsp3) is 0.308. The number of rotatable bonds is 9. The third-order valence-corrected chi connectivity index (χ3v) is 6.92. The van der Waals surface area contributed by atoms with Crippen molar-refractivity contribution in [2.45, 2.75) is 38.6 Å². The standard InChI is InChI=1S/C26H26N2O5S/c1-3-32-23(30)22-18(2)27-25(34-22)28(16-19-10-6-4-7-11-19)21(29)17-33-24(31)26(14-15-26)20-12-8-5-9-13-20/h4-13H,3,14-17H2,1-2H3. The smallest absolute Gasteiger partial charge is 0.350 e. The van der Waals surface area contributed by atoms with Crippen molar-refractivity contribution in [3.8, 4) is 0 Å². The lowest BCUT2D eigenvalue weighted by Crippen LogP contribution is -2.36. The molecule has 1 aromatic heterocycles. The lowest BCUT2D eigenvalue weighted by Gasteiger charge is -2.21. The topological polar surface area (TPSA) is 85.8 Å². The Morgan fingerprint density at radius 1 is 1.00 bits per heavy atom. The van der Waals surface area contributed by atoms with Crippen LogP contribution >= 0.6 is 11.3 Å². The van der Waals surface area contributed by atoms with E-state index in [-0.39, 0.29) is 13.2 Å². The number of nitrogens with zero attached hydrogens (tertiary/aromatic N) is 2. The number of thiazole rings is 1. The maximum absolute atomic E-state index is 13.3. The van der Waals surface area contributed by atoms with Crippen LogP contribution in [0.1, 0.15) is 46.3 Å². The summed E-state index contributed by atoms with van der Waals surface area (Å²) in [5, 5.41) is 0.356. The molecule has 8 heteroatoms. The van der Waals surface area contributed by atoms with E-state index >= 15 is 0 Å². The van der Waals surface area contributed by atoms with E-state index in [4.69, 9.17) is 9.47 Å². The molecule has 0 saturated heterocycles. The Balaban J connectivity index is 1.52. The van der Waals surface area contributed by atoms with Gasteiger partial charge in [-0.25, -0.2) is 9.78 Å². The second-order valence-electron chi connectivity index (χ2n) is 8.12. The predicted octanol–water partition coefficient (Wildman–Crippen LogP) is 4.44. The number of ether oxygens (including phenoxy) is 2. The van der Waals surface area contributed by atoms with Crippen molar-refractivity contribution in [3.63, 3.8) is 0 Å². The fourth-order valence-electron chi connectivity index (χ4n) is 3.75. The number of hydrogen-bond acceptors (Lipinski definition) is 7. The summed E-state index contributed by atoms with van der Waals surface area (Å²) in [4.78, 5) is 44.7. The molecule has 1 aliphatic rings. The van der Waals surface area contributed by atoms with Gasteiger partial charge in [-0.15, -0.1) is 0 Å². The third kappa shape index (κ3) is 5.02. The van der Waals surface area contributed by atoms with Gasteiger partial charge in [0.1, 0.15) is 4.88 Å². The highest BCUT2D eigenvalue weighted by Crippen LogP contribution is 2.49. The minimum absolute atomic E-state index is 0.232. The first kappa shape index (κ1) is 23.6. The van der Waals surface area contributed by atoms with Crippen LogP contribution in [-0.2, 0) is 31.0 Å². The first-order chi connectivity index (χ1) is 16.4. The number of amides is 1. The zero-order valence-corrected chi connectivity index (χ0v) is 20.0. The van der Waals surface area contributed by atoms with Gasteiger partial charge >= 0.3 is 11.9 Å². The van der Waals surface area contributed by atoms with Gasteiger partial charge in [0, 0.05) is 0 Å². The molecule has 1 saturated carbocycles. The Kier molecular flexibility index (Phi) is 7.07. The van der Waals surface area contributed by atoms with Crippen molar-refractivity contribution < 1.29 is 23.9 Å². The molecule has 0 unspecified atom stereocenters. The second-order valence-corrected chi connectivity index (χ2v) is 9.10. The molecule has 0 spiro atoms.